The molecular weight excluding hydrogens is 292 g/mol. The van der Waals surface area contributed by atoms with Gasteiger partial charge in [0.1, 0.15) is 12.2 Å². The van der Waals surface area contributed by atoms with Crippen molar-refractivity contribution in [3.63, 3.8) is 0 Å². The van der Waals surface area contributed by atoms with Crippen LogP contribution in [0.25, 0.3) is 0 Å². The first-order chi connectivity index (χ1) is 10.7. The van der Waals surface area contributed by atoms with E-state index in [9.17, 15) is 9.59 Å². The highest BCUT2D eigenvalue weighted by molar-refractivity contribution is 5.67. The molecule has 0 N–H and O–H groups in total. The first-order valence-electron chi connectivity index (χ1n) is 8.69. The van der Waals surface area contributed by atoms with Gasteiger partial charge in [0.2, 0.25) is 0 Å². The number of carbonyl (C=O) groups excluding carboxylic acids is 2. The van der Waals surface area contributed by atoms with E-state index >= 15 is 0 Å². The molecule has 3 saturated carbocycles. The molecule has 7 atom stereocenters. The Bertz CT molecular complexity index is 552. The lowest BCUT2D eigenvalue weighted by atomic mass is 9.61. The minimum atomic E-state index is -0.403. The van der Waals surface area contributed by atoms with Gasteiger partial charge in [-0.25, -0.2) is 0 Å². The minimum absolute atomic E-state index is 0.165. The number of hydrogen-bond donors (Lipinski definition) is 0. The Morgan fingerprint density at radius 2 is 1.83 bits per heavy atom. The molecule has 0 saturated heterocycles. The first kappa shape index (κ1) is 16.5. The van der Waals surface area contributed by atoms with Crippen LogP contribution in [0.4, 0.5) is 0 Å². The van der Waals surface area contributed by atoms with Crippen molar-refractivity contribution in [3.05, 3.63) is 12.2 Å². The summed E-state index contributed by atoms with van der Waals surface area (Å²) in [5.41, 5.74) is 1.000. The van der Waals surface area contributed by atoms with E-state index in [-0.39, 0.29) is 23.5 Å². The fourth-order valence-electron chi connectivity index (χ4n) is 5.84. The van der Waals surface area contributed by atoms with E-state index in [1.807, 2.05) is 0 Å². The summed E-state index contributed by atoms with van der Waals surface area (Å²) in [6.45, 7) is 13.9. The molecule has 0 aromatic heterocycles. The van der Waals surface area contributed by atoms with Crippen molar-refractivity contribution in [2.75, 3.05) is 0 Å². The van der Waals surface area contributed by atoms with Gasteiger partial charge in [-0.1, -0.05) is 32.9 Å². The summed E-state index contributed by atoms with van der Waals surface area (Å²) in [6.07, 6.45) is 0.867. The second kappa shape index (κ2) is 5.35. The zero-order chi connectivity index (χ0) is 17.1. The van der Waals surface area contributed by atoms with Gasteiger partial charge >= 0.3 is 11.9 Å². The van der Waals surface area contributed by atoms with Crippen molar-refractivity contribution in [1.82, 2.24) is 0 Å². The van der Waals surface area contributed by atoms with Crippen LogP contribution in [0.5, 0.6) is 0 Å². The summed E-state index contributed by atoms with van der Waals surface area (Å²) < 4.78 is 11.2. The molecule has 0 aromatic rings. The maximum atomic E-state index is 11.6. The lowest BCUT2D eigenvalue weighted by Crippen LogP contribution is -2.53. The van der Waals surface area contributed by atoms with Crippen LogP contribution in [0, 0.1) is 35.0 Å². The normalized spacial score (nSPS) is 44.5. The van der Waals surface area contributed by atoms with Gasteiger partial charge in [-0.05, 0) is 36.0 Å². The van der Waals surface area contributed by atoms with Crippen LogP contribution in [-0.4, -0.2) is 24.1 Å². The van der Waals surface area contributed by atoms with Gasteiger partial charge in [0, 0.05) is 25.7 Å². The van der Waals surface area contributed by atoms with Crippen LogP contribution in [0.15, 0.2) is 12.2 Å². The average Bonchev–Trinajstić information content (AvgIpc) is 2.97. The number of rotatable bonds is 3. The Morgan fingerprint density at radius 3 is 2.35 bits per heavy atom. The quantitative estimate of drug-likeness (QED) is 0.591. The van der Waals surface area contributed by atoms with Crippen LogP contribution in [0.1, 0.15) is 47.5 Å². The molecule has 0 radical (unpaired) electrons. The molecule has 128 valence electrons. The molecule has 23 heavy (non-hydrogen) atoms. The fourth-order valence-corrected chi connectivity index (χ4v) is 5.84. The second-order valence-electron chi connectivity index (χ2n) is 8.29. The van der Waals surface area contributed by atoms with E-state index in [2.05, 4.69) is 27.4 Å². The third-order valence-corrected chi connectivity index (χ3v) is 6.33. The molecule has 3 fully saturated rings. The van der Waals surface area contributed by atoms with Crippen LogP contribution >= 0.6 is 0 Å². The molecule has 3 rings (SSSR count). The third kappa shape index (κ3) is 2.50. The van der Waals surface area contributed by atoms with E-state index < -0.39 is 6.10 Å². The summed E-state index contributed by atoms with van der Waals surface area (Å²) in [6, 6.07) is 0. The van der Waals surface area contributed by atoms with E-state index in [0.29, 0.717) is 30.1 Å². The van der Waals surface area contributed by atoms with Gasteiger partial charge in [-0.15, -0.1) is 0 Å². The zero-order valence-corrected chi connectivity index (χ0v) is 14.8. The van der Waals surface area contributed by atoms with Crippen LogP contribution < -0.4 is 0 Å². The van der Waals surface area contributed by atoms with Crippen molar-refractivity contribution in [2.45, 2.75) is 59.7 Å². The Hall–Kier alpha value is -1.32. The molecule has 0 heterocycles. The number of ether oxygens (including phenoxy) is 2. The average molecular weight is 320 g/mol. The Morgan fingerprint density at radius 1 is 1.22 bits per heavy atom. The van der Waals surface area contributed by atoms with Gasteiger partial charge in [-0.3, -0.25) is 9.59 Å². The topological polar surface area (TPSA) is 52.6 Å². The van der Waals surface area contributed by atoms with Crippen molar-refractivity contribution >= 4 is 11.9 Å². The standard InChI is InChI=1S/C19H28O4/c1-9(2)15-13-8-19(6)17(16(13)15)10(3)7-14(22-11(4)20)18(19)23-12(5)21/h9,13-18H,3,7-8H2,1-2,4-6H3/t13-,14-,15-,16-,17-,18-,19+/m1/s1. The van der Waals surface area contributed by atoms with Gasteiger partial charge in [0.05, 0.1) is 0 Å². The minimum Gasteiger partial charge on any atom is -0.458 e. The maximum Gasteiger partial charge on any atom is 0.303 e. The Kier molecular flexibility index (Phi) is 3.85. The van der Waals surface area contributed by atoms with E-state index in [1.54, 1.807) is 0 Å². The highest BCUT2D eigenvalue weighted by Crippen LogP contribution is 2.73. The molecule has 3 aliphatic carbocycles. The molecule has 0 aliphatic heterocycles. The van der Waals surface area contributed by atoms with Crippen molar-refractivity contribution in [2.24, 2.45) is 35.0 Å². The molecular formula is C19H28O4. The largest absolute Gasteiger partial charge is 0.458 e. The van der Waals surface area contributed by atoms with Gasteiger partial charge in [-0.2, -0.15) is 0 Å². The van der Waals surface area contributed by atoms with Gasteiger partial charge in [0.25, 0.3) is 0 Å². The molecule has 0 unspecified atom stereocenters. The second-order valence-corrected chi connectivity index (χ2v) is 8.29. The molecule has 0 bridgehead atoms. The number of carbonyl (C=O) groups is 2. The van der Waals surface area contributed by atoms with Crippen LogP contribution in [0.3, 0.4) is 0 Å². The summed E-state index contributed by atoms with van der Waals surface area (Å²) in [7, 11) is 0. The smallest absolute Gasteiger partial charge is 0.303 e. The summed E-state index contributed by atoms with van der Waals surface area (Å²) in [5.74, 6) is 2.52. The summed E-state index contributed by atoms with van der Waals surface area (Å²) in [4.78, 5) is 23.1. The lowest BCUT2D eigenvalue weighted by molar-refractivity contribution is -0.185. The first-order valence-corrected chi connectivity index (χ1v) is 8.69. The molecule has 0 aromatic carbocycles. The van der Waals surface area contributed by atoms with E-state index in [4.69, 9.17) is 9.47 Å². The van der Waals surface area contributed by atoms with Crippen LogP contribution in [-0.2, 0) is 19.1 Å². The molecule has 3 aliphatic rings. The number of esters is 2. The predicted octanol–water partition coefficient (Wildman–Crippen LogP) is 3.35. The third-order valence-electron chi connectivity index (χ3n) is 6.33. The van der Waals surface area contributed by atoms with Crippen molar-refractivity contribution in [1.29, 1.82) is 0 Å². The number of hydrogen-bond acceptors (Lipinski definition) is 4. The maximum absolute atomic E-state index is 11.6. The van der Waals surface area contributed by atoms with Crippen molar-refractivity contribution < 1.29 is 19.1 Å². The van der Waals surface area contributed by atoms with Gasteiger partial charge in [0.15, 0.2) is 0 Å². The lowest BCUT2D eigenvalue weighted by Gasteiger charge is -2.49. The van der Waals surface area contributed by atoms with Crippen LogP contribution in [0.2, 0.25) is 0 Å². The van der Waals surface area contributed by atoms with Gasteiger partial charge < -0.3 is 9.47 Å². The molecule has 4 heteroatoms. The van der Waals surface area contributed by atoms with E-state index in [0.717, 1.165) is 17.9 Å². The monoisotopic (exact) mass is 320 g/mol. The highest BCUT2D eigenvalue weighted by atomic mass is 16.6. The van der Waals surface area contributed by atoms with E-state index in [1.165, 1.54) is 13.8 Å². The molecule has 0 amide bonds. The number of fused-ring (bicyclic) bond motifs is 3. The summed E-state index contributed by atoms with van der Waals surface area (Å²) >= 11 is 0. The predicted molar refractivity (Wildman–Crippen MR) is 86.4 cm³/mol. The Balaban J connectivity index is 1.90. The SMILES string of the molecule is C=C1C[C@@H](OC(C)=O)[C@@H](OC(C)=O)[C@@]2(C)C[C@@H]3[C@@H](C(C)C)[C@@H]3[C@@H]12. The molecule has 4 nitrogen and oxygen atoms in total. The fraction of sp³-hybridized carbons (Fsp3) is 0.789. The summed E-state index contributed by atoms with van der Waals surface area (Å²) in [5, 5.41) is 0. The van der Waals surface area contributed by atoms with Crippen molar-refractivity contribution in [3.8, 4) is 0 Å². The molecule has 0 spiro atoms. The Labute approximate surface area is 138 Å². The zero-order valence-electron chi connectivity index (χ0n) is 14.8. The highest BCUT2D eigenvalue weighted by Gasteiger charge is 2.71.